The highest BCUT2D eigenvalue weighted by Gasteiger charge is 2.33. The van der Waals surface area contributed by atoms with E-state index in [-0.39, 0.29) is 17.0 Å². The molecule has 9 heteroatoms. The van der Waals surface area contributed by atoms with Crippen LogP contribution in [0.2, 0.25) is 0 Å². The lowest BCUT2D eigenvalue weighted by molar-refractivity contribution is -0.122. The Hall–Kier alpha value is -3.09. The van der Waals surface area contributed by atoms with Crippen molar-refractivity contribution in [2.45, 2.75) is 65.8 Å². The van der Waals surface area contributed by atoms with Crippen LogP contribution in [0.4, 0.5) is 11.5 Å². The van der Waals surface area contributed by atoms with Crippen LogP contribution < -0.4 is 15.4 Å². The van der Waals surface area contributed by atoms with Gasteiger partial charge < -0.3 is 9.80 Å². The number of aromatic nitrogens is 1. The maximum Gasteiger partial charge on any atom is 0.270 e. The van der Waals surface area contributed by atoms with E-state index in [9.17, 15) is 14.9 Å². The van der Waals surface area contributed by atoms with Crippen molar-refractivity contribution in [3.63, 3.8) is 0 Å². The number of hydrogen-bond acceptors (Lipinski definition) is 7. The number of unbranched alkanes of at least 4 members (excludes halogenated alkanes) is 4. The van der Waals surface area contributed by atoms with E-state index in [1.807, 2.05) is 38.1 Å². The maximum atomic E-state index is 13.5. The summed E-state index contributed by atoms with van der Waals surface area (Å²) in [5.74, 6) is 0.706. The summed E-state index contributed by atoms with van der Waals surface area (Å²) in [6.07, 6.45) is 8.18. The first-order chi connectivity index (χ1) is 19.4. The van der Waals surface area contributed by atoms with Gasteiger partial charge in [0.15, 0.2) is 0 Å². The molecule has 4 rings (SSSR count). The molecular weight excluding hydrogens is 539 g/mol. The number of hydrogen-bond donors (Lipinski definition) is 0. The number of pyridine rings is 1. The van der Waals surface area contributed by atoms with Crippen molar-refractivity contribution in [1.82, 2.24) is 9.47 Å². The Balaban J connectivity index is 1.68. The lowest BCUT2D eigenvalue weighted by Crippen LogP contribution is -2.48. The van der Waals surface area contributed by atoms with Crippen LogP contribution >= 0.6 is 24.0 Å². The number of carbonyl (C=O) groups is 1. The van der Waals surface area contributed by atoms with Gasteiger partial charge in [-0.15, -0.1) is 0 Å². The highest BCUT2D eigenvalue weighted by molar-refractivity contribution is 8.26. The van der Waals surface area contributed by atoms with Gasteiger partial charge in [0.2, 0.25) is 0 Å². The number of benzene rings is 1. The third kappa shape index (κ3) is 6.45. The van der Waals surface area contributed by atoms with E-state index in [1.54, 1.807) is 9.47 Å². The first-order valence-electron chi connectivity index (χ1n) is 14.4. The van der Waals surface area contributed by atoms with Crippen molar-refractivity contribution in [2.75, 3.05) is 42.5 Å². The molecule has 0 aliphatic carbocycles. The molecule has 212 valence electrons. The van der Waals surface area contributed by atoms with Gasteiger partial charge in [0, 0.05) is 50.5 Å². The predicted octanol–water partition coefficient (Wildman–Crippen LogP) is 5.94. The standard InChI is InChI=1S/C31H39N5O2S2/c1-4-6-7-8-12-16-36-30(38)27(40-31(36)39)21-25-23(3)26(22-32)29(37)35(15-5-2)28(25)34-19-17-33(18-20-34)24-13-10-9-11-14-24/h9-11,13-14,21H,4-8,12,15-20H2,1-3H3/b27-21-. The van der Waals surface area contributed by atoms with Crippen LogP contribution in [-0.2, 0) is 11.3 Å². The van der Waals surface area contributed by atoms with Gasteiger partial charge in [0.05, 0.1) is 4.91 Å². The van der Waals surface area contributed by atoms with Crippen LogP contribution in [0, 0.1) is 18.3 Å². The Morgan fingerprint density at radius 3 is 2.27 bits per heavy atom. The van der Waals surface area contributed by atoms with Gasteiger partial charge in [-0.05, 0) is 43.5 Å². The van der Waals surface area contributed by atoms with Gasteiger partial charge in [-0.2, -0.15) is 5.26 Å². The number of nitriles is 1. The largest absolute Gasteiger partial charge is 0.368 e. The van der Waals surface area contributed by atoms with Crippen LogP contribution in [0.1, 0.15) is 69.1 Å². The summed E-state index contributed by atoms with van der Waals surface area (Å²) in [6, 6.07) is 12.5. The molecule has 1 aromatic heterocycles. The van der Waals surface area contributed by atoms with E-state index in [0.29, 0.717) is 27.9 Å². The van der Waals surface area contributed by atoms with Crippen LogP contribution in [0.5, 0.6) is 0 Å². The van der Waals surface area contributed by atoms with Crippen LogP contribution in [0.15, 0.2) is 40.0 Å². The number of carbonyl (C=O) groups excluding carboxylic acids is 1. The number of rotatable bonds is 11. The fourth-order valence-corrected chi connectivity index (χ4v) is 6.72. The molecule has 2 aliphatic rings. The van der Waals surface area contributed by atoms with Crippen molar-refractivity contribution >= 4 is 51.8 Å². The normalized spacial score (nSPS) is 16.8. The molecule has 2 aromatic rings. The minimum Gasteiger partial charge on any atom is -0.368 e. The Kier molecular flexibility index (Phi) is 10.5. The second-order valence-electron chi connectivity index (χ2n) is 10.4. The Morgan fingerprint density at radius 1 is 0.950 bits per heavy atom. The smallest absolute Gasteiger partial charge is 0.270 e. The minimum absolute atomic E-state index is 0.0866. The van der Waals surface area contributed by atoms with E-state index in [1.165, 1.54) is 30.3 Å². The summed E-state index contributed by atoms with van der Waals surface area (Å²) in [4.78, 5) is 33.8. The molecule has 0 bridgehead atoms. The second kappa shape index (κ2) is 14.0. The zero-order valence-electron chi connectivity index (χ0n) is 23.8. The summed E-state index contributed by atoms with van der Waals surface area (Å²) >= 11 is 6.92. The van der Waals surface area contributed by atoms with Crippen molar-refractivity contribution < 1.29 is 4.79 Å². The molecule has 1 aromatic carbocycles. The lowest BCUT2D eigenvalue weighted by Gasteiger charge is -2.39. The molecule has 0 unspecified atom stereocenters. The van der Waals surface area contributed by atoms with Gasteiger partial charge in [0.1, 0.15) is 21.8 Å². The van der Waals surface area contributed by atoms with E-state index in [4.69, 9.17) is 12.2 Å². The first-order valence-corrected chi connectivity index (χ1v) is 15.6. The summed E-state index contributed by atoms with van der Waals surface area (Å²) in [5.41, 5.74) is 2.44. The fourth-order valence-electron chi connectivity index (χ4n) is 5.43. The number of nitrogens with zero attached hydrogens (tertiary/aromatic N) is 5. The van der Waals surface area contributed by atoms with Gasteiger partial charge in [0.25, 0.3) is 11.5 Å². The van der Waals surface area contributed by atoms with Crippen molar-refractivity contribution in [3.05, 3.63) is 62.3 Å². The molecule has 0 atom stereocenters. The molecule has 2 fully saturated rings. The molecule has 2 aliphatic heterocycles. The highest BCUT2D eigenvalue weighted by atomic mass is 32.2. The zero-order valence-corrected chi connectivity index (χ0v) is 25.5. The molecule has 0 spiro atoms. The number of amides is 1. The van der Waals surface area contributed by atoms with Gasteiger partial charge in [-0.25, -0.2) is 0 Å². The molecule has 3 heterocycles. The van der Waals surface area contributed by atoms with E-state index >= 15 is 0 Å². The Bertz CT molecular complexity index is 1350. The van der Waals surface area contributed by atoms with Crippen LogP contribution in [0.25, 0.3) is 6.08 Å². The average molecular weight is 578 g/mol. The van der Waals surface area contributed by atoms with Crippen LogP contribution in [0.3, 0.4) is 0 Å². The SMILES string of the molecule is CCCCCCCN1C(=O)/C(=C/c2c(C)c(C#N)c(=O)n(CCC)c2N2CCN(c3ccccc3)CC2)SC1=S. The predicted molar refractivity (Wildman–Crippen MR) is 170 cm³/mol. The number of thiocarbonyl (C=S) groups is 1. The zero-order chi connectivity index (χ0) is 28.6. The quantitative estimate of drug-likeness (QED) is 0.186. The average Bonchev–Trinajstić information content (AvgIpc) is 3.23. The summed E-state index contributed by atoms with van der Waals surface area (Å²) < 4.78 is 2.31. The van der Waals surface area contributed by atoms with E-state index in [0.717, 1.165) is 63.2 Å². The molecule has 0 N–H and O–H groups in total. The molecular formula is C31H39N5O2S2. The van der Waals surface area contributed by atoms with Crippen molar-refractivity contribution in [3.8, 4) is 6.07 Å². The second-order valence-corrected chi connectivity index (χ2v) is 12.0. The summed E-state index contributed by atoms with van der Waals surface area (Å²) in [7, 11) is 0. The number of para-hydroxylation sites is 1. The number of anilines is 2. The third-order valence-corrected chi connectivity index (χ3v) is 9.01. The summed E-state index contributed by atoms with van der Waals surface area (Å²) in [6.45, 7) is 10.2. The number of piperazine rings is 1. The molecule has 40 heavy (non-hydrogen) atoms. The monoisotopic (exact) mass is 577 g/mol. The van der Waals surface area contributed by atoms with E-state index < -0.39 is 0 Å². The fraction of sp³-hybridized carbons (Fsp3) is 0.484. The summed E-state index contributed by atoms with van der Waals surface area (Å²) in [5, 5.41) is 9.93. The topological polar surface area (TPSA) is 72.6 Å². The van der Waals surface area contributed by atoms with Gasteiger partial charge in [-0.3, -0.25) is 19.1 Å². The highest BCUT2D eigenvalue weighted by Crippen LogP contribution is 2.36. The van der Waals surface area contributed by atoms with Crippen molar-refractivity contribution in [2.24, 2.45) is 0 Å². The molecule has 2 saturated heterocycles. The first kappa shape index (κ1) is 29.9. The molecule has 1 amide bonds. The van der Waals surface area contributed by atoms with Gasteiger partial charge in [-0.1, -0.05) is 81.7 Å². The maximum absolute atomic E-state index is 13.5. The third-order valence-electron chi connectivity index (χ3n) is 7.63. The minimum atomic E-state index is -0.265. The van der Waals surface area contributed by atoms with Gasteiger partial charge >= 0.3 is 0 Å². The number of thioether (sulfide) groups is 1. The molecule has 7 nitrogen and oxygen atoms in total. The van der Waals surface area contributed by atoms with E-state index in [2.05, 4.69) is 34.9 Å². The Labute approximate surface area is 247 Å². The van der Waals surface area contributed by atoms with Crippen molar-refractivity contribution in [1.29, 1.82) is 5.26 Å². The molecule has 0 saturated carbocycles. The Morgan fingerprint density at radius 2 is 1.62 bits per heavy atom. The lowest BCUT2D eigenvalue weighted by atomic mass is 10.0. The molecule has 0 radical (unpaired) electrons. The van der Waals surface area contributed by atoms with Crippen LogP contribution in [-0.4, -0.2) is 52.4 Å².